The van der Waals surface area contributed by atoms with Crippen molar-refractivity contribution in [3.05, 3.63) is 31.0 Å². The number of morpholine rings is 1. The fraction of sp³-hybridized carbons (Fsp3) is 0.455. The molecule has 4 aromatic rings. The summed E-state index contributed by atoms with van der Waals surface area (Å²) in [6.45, 7) is 5.48. The third kappa shape index (κ3) is 3.68. The van der Waals surface area contributed by atoms with E-state index in [1.807, 2.05) is 24.8 Å². The summed E-state index contributed by atoms with van der Waals surface area (Å²) in [6, 6.07) is 0.461. The number of piperidine rings is 1. The Kier molecular flexibility index (Phi) is 5.12. The summed E-state index contributed by atoms with van der Waals surface area (Å²) in [7, 11) is 2.18. The number of rotatable bonds is 4. The molecule has 0 amide bonds. The third-order valence-electron chi connectivity index (χ3n) is 6.38. The van der Waals surface area contributed by atoms with Crippen molar-refractivity contribution in [1.82, 2.24) is 34.6 Å². The van der Waals surface area contributed by atoms with Gasteiger partial charge in [0.25, 0.3) is 0 Å². The number of fused-ring (bicyclic) bond motifs is 1. The number of nitrogens with one attached hydrogen (secondary N) is 1. The summed E-state index contributed by atoms with van der Waals surface area (Å²) in [6.07, 6.45) is 12.1. The number of H-pyrrole nitrogens is 1. The SMILES string of the molecule is CN1CCC(n2cc(-c3c[nH]c4ncc(-c5cnc(N6CCOCC6)s5)nc34)cn2)CC1. The van der Waals surface area contributed by atoms with Crippen LogP contribution in [-0.4, -0.2) is 81.1 Å². The number of nitrogens with zero attached hydrogens (tertiary/aromatic N) is 7. The predicted molar refractivity (Wildman–Crippen MR) is 125 cm³/mol. The molecule has 4 aromatic heterocycles. The number of anilines is 1. The van der Waals surface area contributed by atoms with Gasteiger partial charge in [-0.05, 0) is 33.0 Å². The molecule has 2 aliphatic heterocycles. The standard InChI is InChI=1S/C22H26N8OS/c1-28-4-2-16(3-5-28)30-14-15(10-26-30)17-11-23-21-20(17)27-18(12-24-21)19-13-25-22(32-19)29-6-8-31-9-7-29/h10-14,16H,2-9H2,1H3,(H,23,24). The van der Waals surface area contributed by atoms with Crippen molar-refractivity contribution in [2.75, 3.05) is 51.3 Å². The second-order valence-electron chi connectivity index (χ2n) is 8.50. The molecule has 2 saturated heterocycles. The Labute approximate surface area is 190 Å². The maximum absolute atomic E-state index is 5.45. The first-order valence-electron chi connectivity index (χ1n) is 11.1. The smallest absolute Gasteiger partial charge is 0.186 e. The maximum atomic E-state index is 5.45. The van der Waals surface area contributed by atoms with E-state index in [-0.39, 0.29) is 0 Å². The van der Waals surface area contributed by atoms with Gasteiger partial charge < -0.3 is 19.5 Å². The lowest BCUT2D eigenvalue weighted by atomic mass is 10.1. The van der Waals surface area contributed by atoms with Gasteiger partial charge in [-0.15, -0.1) is 0 Å². The van der Waals surface area contributed by atoms with E-state index in [0.717, 1.165) is 90.2 Å². The van der Waals surface area contributed by atoms with E-state index in [4.69, 9.17) is 9.72 Å². The van der Waals surface area contributed by atoms with Crippen LogP contribution in [0.3, 0.4) is 0 Å². The van der Waals surface area contributed by atoms with Crippen LogP contribution < -0.4 is 4.90 Å². The van der Waals surface area contributed by atoms with Crippen LogP contribution in [0.4, 0.5) is 5.13 Å². The van der Waals surface area contributed by atoms with Crippen molar-refractivity contribution in [1.29, 1.82) is 0 Å². The minimum absolute atomic E-state index is 0.461. The maximum Gasteiger partial charge on any atom is 0.186 e. The number of hydrogen-bond donors (Lipinski definition) is 1. The largest absolute Gasteiger partial charge is 0.378 e. The van der Waals surface area contributed by atoms with Gasteiger partial charge in [0, 0.05) is 42.8 Å². The second-order valence-corrected chi connectivity index (χ2v) is 9.51. The predicted octanol–water partition coefficient (Wildman–Crippen LogP) is 3.05. The van der Waals surface area contributed by atoms with Crippen LogP contribution in [0.2, 0.25) is 0 Å². The Morgan fingerprint density at radius 3 is 2.75 bits per heavy atom. The first-order chi connectivity index (χ1) is 15.7. The van der Waals surface area contributed by atoms with Gasteiger partial charge in [0.15, 0.2) is 10.8 Å². The van der Waals surface area contributed by atoms with Gasteiger partial charge in [-0.25, -0.2) is 15.0 Å². The van der Waals surface area contributed by atoms with E-state index in [0.29, 0.717) is 6.04 Å². The highest BCUT2D eigenvalue weighted by molar-refractivity contribution is 7.18. The molecule has 2 fully saturated rings. The number of hydrogen-bond acceptors (Lipinski definition) is 8. The summed E-state index contributed by atoms with van der Waals surface area (Å²) in [5, 5.41) is 5.69. The van der Waals surface area contributed by atoms with E-state index in [9.17, 15) is 0 Å². The molecule has 10 heteroatoms. The molecule has 0 spiro atoms. The summed E-state index contributed by atoms with van der Waals surface area (Å²) in [5.41, 5.74) is 4.60. The van der Waals surface area contributed by atoms with E-state index in [1.54, 1.807) is 11.3 Å². The Bertz CT molecular complexity index is 1220. The van der Waals surface area contributed by atoms with Crippen molar-refractivity contribution in [2.24, 2.45) is 0 Å². The fourth-order valence-corrected chi connectivity index (χ4v) is 5.37. The zero-order chi connectivity index (χ0) is 21.5. The second kappa shape index (κ2) is 8.27. The third-order valence-corrected chi connectivity index (χ3v) is 7.46. The van der Waals surface area contributed by atoms with Crippen molar-refractivity contribution >= 4 is 27.6 Å². The van der Waals surface area contributed by atoms with Crippen molar-refractivity contribution < 1.29 is 4.74 Å². The van der Waals surface area contributed by atoms with Crippen LogP contribution in [0.5, 0.6) is 0 Å². The van der Waals surface area contributed by atoms with Gasteiger partial charge in [0.2, 0.25) is 0 Å². The fourth-order valence-electron chi connectivity index (χ4n) is 4.45. The van der Waals surface area contributed by atoms with Crippen LogP contribution >= 0.6 is 11.3 Å². The molecule has 0 radical (unpaired) electrons. The van der Waals surface area contributed by atoms with E-state index < -0.39 is 0 Å². The lowest BCUT2D eigenvalue weighted by Crippen LogP contribution is -2.36. The highest BCUT2D eigenvalue weighted by Crippen LogP contribution is 2.33. The molecule has 0 atom stereocenters. The summed E-state index contributed by atoms with van der Waals surface area (Å²) >= 11 is 1.65. The first kappa shape index (κ1) is 19.8. The molecule has 0 aliphatic carbocycles. The molecule has 0 aromatic carbocycles. The normalized spacial score (nSPS) is 18.6. The van der Waals surface area contributed by atoms with Crippen molar-refractivity contribution in [3.63, 3.8) is 0 Å². The molecule has 32 heavy (non-hydrogen) atoms. The van der Waals surface area contributed by atoms with E-state index in [1.165, 1.54) is 0 Å². The molecule has 6 heterocycles. The number of aromatic nitrogens is 6. The van der Waals surface area contributed by atoms with E-state index in [2.05, 4.69) is 47.8 Å². The molecular weight excluding hydrogens is 424 g/mol. The summed E-state index contributed by atoms with van der Waals surface area (Å²) < 4.78 is 7.57. The molecule has 1 N–H and O–H groups in total. The van der Waals surface area contributed by atoms with Gasteiger partial charge in [-0.2, -0.15) is 5.10 Å². The lowest BCUT2D eigenvalue weighted by Gasteiger charge is -2.28. The molecule has 0 unspecified atom stereocenters. The highest BCUT2D eigenvalue weighted by Gasteiger charge is 2.21. The lowest BCUT2D eigenvalue weighted by molar-refractivity contribution is 0.122. The van der Waals surface area contributed by atoms with Gasteiger partial charge >= 0.3 is 0 Å². The number of likely N-dealkylation sites (tertiary alicyclic amines) is 1. The topological polar surface area (TPSA) is 88.0 Å². The Morgan fingerprint density at radius 1 is 1.06 bits per heavy atom. The van der Waals surface area contributed by atoms with Gasteiger partial charge in [0.1, 0.15) is 11.2 Å². The Hall–Kier alpha value is -2.82. The van der Waals surface area contributed by atoms with Crippen LogP contribution in [-0.2, 0) is 4.74 Å². The number of aromatic amines is 1. The number of thiazole rings is 1. The summed E-state index contributed by atoms with van der Waals surface area (Å²) in [4.78, 5) is 23.1. The van der Waals surface area contributed by atoms with Gasteiger partial charge in [0.05, 0.1) is 36.5 Å². The van der Waals surface area contributed by atoms with Crippen molar-refractivity contribution in [2.45, 2.75) is 18.9 Å². The van der Waals surface area contributed by atoms with Crippen LogP contribution in [0, 0.1) is 0 Å². The molecular formula is C22H26N8OS. The molecule has 2 aliphatic rings. The van der Waals surface area contributed by atoms with E-state index >= 15 is 0 Å². The van der Waals surface area contributed by atoms with Crippen molar-refractivity contribution in [3.8, 4) is 21.7 Å². The minimum atomic E-state index is 0.461. The van der Waals surface area contributed by atoms with Gasteiger partial charge in [-0.1, -0.05) is 11.3 Å². The first-order valence-corrected chi connectivity index (χ1v) is 11.9. The average Bonchev–Trinajstić information content (AvgIpc) is 3.59. The van der Waals surface area contributed by atoms with Crippen LogP contribution in [0.1, 0.15) is 18.9 Å². The Balaban J connectivity index is 1.29. The average molecular weight is 451 g/mol. The molecule has 6 rings (SSSR count). The quantitative estimate of drug-likeness (QED) is 0.511. The monoisotopic (exact) mass is 450 g/mol. The van der Waals surface area contributed by atoms with Crippen LogP contribution in [0.15, 0.2) is 31.0 Å². The van der Waals surface area contributed by atoms with Crippen LogP contribution in [0.25, 0.3) is 32.9 Å². The molecule has 0 saturated carbocycles. The zero-order valence-electron chi connectivity index (χ0n) is 18.1. The minimum Gasteiger partial charge on any atom is -0.378 e. The highest BCUT2D eigenvalue weighted by atomic mass is 32.1. The van der Waals surface area contributed by atoms with Gasteiger partial charge in [-0.3, -0.25) is 4.68 Å². The molecule has 166 valence electrons. The zero-order valence-corrected chi connectivity index (χ0v) is 18.9. The summed E-state index contributed by atoms with van der Waals surface area (Å²) in [5.74, 6) is 0. The molecule has 9 nitrogen and oxygen atoms in total. The molecule has 0 bridgehead atoms. The number of ether oxygens (including phenoxy) is 1. The Morgan fingerprint density at radius 2 is 1.91 bits per heavy atom.